The number of aromatic nitrogens is 1. The molecule has 1 aromatic heterocycles. The van der Waals surface area contributed by atoms with Crippen molar-refractivity contribution in [2.24, 2.45) is 0 Å². The number of non-ortho nitro benzene ring substituents is 1. The van der Waals surface area contributed by atoms with Crippen LogP contribution in [0.4, 0.5) is 11.4 Å². The van der Waals surface area contributed by atoms with Crippen LogP contribution in [-0.2, 0) is 6.67 Å². The number of nitro benzene ring substituents is 1. The standard InChI is InChI=1S/C18H17ClN4O4/c19-13-1-6-16-17(11-13)27-18(24)22(16)12-20-7-9-21(10-8-20)14-2-4-15(5-3-14)23(25)26/h1-6,11H,7-10,12H2/p+1. The summed E-state index contributed by atoms with van der Waals surface area (Å²) in [5, 5.41) is 11.3. The minimum atomic E-state index is -0.397. The summed E-state index contributed by atoms with van der Waals surface area (Å²) in [5.74, 6) is -0.377. The van der Waals surface area contributed by atoms with Crippen LogP contribution < -0.4 is 15.6 Å². The zero-order valence-electron chi connectivity index (χ0n) is 14.4. The molecule has 1 N–H and O–H groups in total. The minimum Gasteiger partial charge on any atom is -0.408 e. The topological polar surface area (TPSA) is 86.0 Å². The summed E-state index contributed by atoms with van der Waals surface area (Å²) in [5.41, 5.74) is 2.31. The second kappa shape index (κ2) is 7.05. The highest BCUT2D eigenvalue weighted by Crippen LogP contribution is 2.20. The molecular weight excluding hydrogens is 372 g/mol. The van der Waals surface area contributed by atoms with Gasteiger partial charge < -0.3 is 14.2 Å². The van der Waals surface area contributed by atoms with Crippen molar-refractivity contribution in [3.05, 3.63) is 68.2 Å². The Balaban J connectivity index is 1.43. The smallest absolute Gasteiger partial charge is 0.408 e. The maximum Gasteiger partial charge on any atom is 0.424 e. The first-order valence-corrected chi connectivity index (χ1v) is 9.01. The van der Waals surface area contributed by atoms with Crippen LogP contribution in [0, 0.1) is 10.1 Å². The fourth-order valence-electron chi connectivity index (χ4n) is 3.44. The van der Waals surface area contributed by atoms with Gasteiger partial charge in [-0.05, 0) is 24.3 Å². The molecule has 0 saturated carbocycles. The largest absolute Gasteiger partial charge is 0.424 e. The number of anilines is 1. The molecule has 9 heteroatoms. The molecule has 27 heavy (non-hydrogen) atoms. The van der Waals surface area contributed by atoms with Crippen LogP contribution in [0.15, 0.2) is 51.7 Å². The normalized spacial score (nSPS) is 15.4. The lowest BCUT2D eigenvalue weighted by Crippen LogP contribution is -3.14. The Morgan fingerprint density at radius 3 is 2.52 bits per heavy atom. The summed E-state index contributed by atoms with van der Waals surface area (Å²) in [6.07, 6.45) is 0. The number of hydrogen-bond donors (Lipinski definition) is 1. The molecule has 1 aliphatic heterocycles. The molecule has 1 saturated heterocycles. The van der Waals surface area contributed by atoms with Crippen LogP contribution in [0.25, 0.3) is 11.1 Å². The van der Waals surface area contributed by atoms with E-state index in [2.05, 4.69) is 4.90 Å². The number of benzene rings is 2. The molecule has 0 atom stereocenters. The van der Waals surface area contributed by atoms with Gasteiger partial charge in [-0.25, -0.2) is 9.36 Å². The number of halogens is 1. The first-order chi connectivity index (χ1) is 13.0. The number of nitro groups is 1. The van der Waals surface area contributed by atoms with Gasteiger partial charge in [0.2, 0.25) is 0 Å². The van der Waals surface area contributed by atoms with Gasteiger partial charge in [-0.15, -0.1) is 0 Å². The van der Waals surface area contributed by atoms with Crippen molar-refractivity contribution in [1.29, 1.82) is 0 Å². The summed E-state index contributed by atoms with van der Waals surface area (Å²) in [4.78, 5) is 26.0. The Labute approximate surface area is 159 Å². The van der Waals surface area contributed by atoms with Crippen molar-refractivity contribution < 1.29 is 14.2 Å². The molecule has 1 aliphatic rings. The number of hydrogen-bond acceptors (Lipinski definition) is 5. The zero-order valence-corrected chi connectivity index (χ0v) is 15.2. The molecule has 4 rings (SSSR count). The number of quaternary nitrogens is 1. The van der Waals surface area contributed by atoms with E-state index >= 15 is 0 Å². The predicted octanol–water partition coefficient (Wildman–Crippen LogP) is 1.52. The van der Waals surface area contributed by atoms with Crippen LogP contribution >= 0.6 is 11.6 Å². The van der Waals surface area contributed by atoms with Crippen molar-refractivity contribution in [1.82, 2.24) is 4.57 Å². The van der Waals surface area contributed by atoms with Crippen molar-refractivity contribution in [2.75, 3.05) is 31.1 Å². The van der Waals surface area contributed by atoms with Crippen molar-refractivity contribution in [2.45, 2.75) is 6.67 Å². The molecular formula is C18H18ClN4O4+. The van der Waals surface area contributed by atoms with Crippen LogP contribution in [0.3, 0.4) is 0 Å². The monoisotopic (exact) mass is 389 g/mol. The van der Waals surface area contributed by atoms with E-state index in [1.807, 2.05) is 0 Å². The molecule has 3 aromatic rings. The predicted molar refractivity (Wildman–Crippen MR) is 101 cm³/mol. The number of piperazine rings is 1. The Morgan fingerprint density at radius 1 is 1.15 bits per heavy atom. The van der Waals surface area contributed by atoms with Crippen LogP contribution in [0.5, 0.6) is 0 Å². The maximum atomic E-state index is 12.2. The summed E-state index contributed by atoms with van der Waals surface area (Å²) in [6.45, 7) is 3.85. The summed E-state index contributed by atoms with van der Waals surface area (Å²) < 4.78 is 6.93. The van der Waals surface area contributed by atoms with E-state index < -0.39 is 4.92 Å². The van der Waals surface area contributed by atoms with Gasteiger partial charge in [0.05, 0.1) is 36.6 Å². The van der Waals surface area contributed by atoms with Gasteiger partial charge in [0, 0.05) is 28.9 Å². The Bertz CT molecular complexity index is 1040. The summed E-state index contributed by atoms with van der Waals surface area (Å²) in [7, 11) is 0. The Morgan fingerprint density at radius 2 is 1.85 bits per heavy atom. The van der Waals surface area contributed by atoms with Gasteiger partial charge in [-0.2, -0.15) is 0 Å². The molecule has 8 nitrogen and oxygen atoms in total. The van der Waals surface area contributed by atoms with E-state index in [0.717, 1.165) is 37.4 Å². The quantitative estimate of drug-likeness (QED) is 0.540. The van der Waals surface area contributed by atoms with Gasteiger partial charge in [0.25, 0.3) is 5.69 Å². The molecule has 0 radical (unpaired) electrons. The average Bonchev–Trinajstić information content (AvgIpc) is 2.97. The lowest BCUT2D eigenvalue weighted by atomic mass is 10.2. The third-order valence-electron chi connectivity index (χ3n) is 4.91. The third-order valence-corrected chi connectivity index (χ3v) is 5.14. The highest BCUT2D eigenvalue weighted by atomic mass is 35.5. The van der Waals surface area contributed by atoms with Crippen molar-refractivity contribution in [3.8, 4) is 0 Å². The Hall–Kier alpha value is -2.84. The molecule has 1 fully saturated rings. The summed E-state index contributed by atoms with van der Waals surface area (Å²) >= 11 is 5.95. The lowest BCUT2D eigenvalue weighted by Gasteiger charge is -2.33. The number of fused-ring (bicyclic) bond motifs is 1. The Kier molecular flexibility index (Phi) is 4.59. The number of nitrogens with zero attached hydrogens (tertiary/aromatic N) is 3. The van der Waals surface area contributed by atoms with E-state index in [1.54, 1.807) is 34.9 Å². The first kappa shape index (κ1) is 17.6. The molecule has 140 valence electrons. The van der Waals surface area contributed by atoms with E-state index in [-0.39, 0.29) is 11.4 Å². The van der Waals surface area contributed by atoms with Gasteiger partial charge in [0.15, 0.2) is 12.3 Å². The van der Waals surface area contributed by atoms with Crippen LogP contribution in [0.1, 0.15) is 0 Å². The second-order valence-electron chi connectivity index (χ2n) is 6.58. The highest BCUT2D eigenvalue weighted by molar-refractivity contribution is 6.31. The molecule has 0 aliphatic carbocycles. The van der Waals surface area contributed by atoms with E-state index in [1.165, 1.54) is 17.0 Å². The number of nitrogens with one attached hydrogen (secondary N) is 1. The third kappa shape index (κ3) is 3.54. The van der Waals surface area contributed by atoms with Gasteiger partial charge in [0.1, 0.15) is 0 Å². The minimum absolute atomic E-state index is 0.0920. The van der Waals surface area contributed by atoms with E-state index in [4.69, 9.17) is 16.0 Å². The fraction of sp³-hybridized carbons (Fsp3) is 0.278. The van der Waals surface area contributed by atoms with Gasteiger partial charge in [-0.1, -0.05) is 11.6 Å². The van der Waals surface area contributed by atoms with Gasteiger partial charge in [-0.3, -0.25) is 10.1 Å². The second-order valence-corrected chi connectivity index (χ2v) is 7.01. The zero-order chi connectivity index (χ0) is 19.0. The summed E-state index contributed by atoms with van der Waals surface area (Å²) in [6, 6.07) is 11.8. The maximum absolute atomic E-state index is 12.2. The molecule has 2 heterocycles. The van der Waals surface area contributed by atoms with Gasteiger partial charge >= 0.3 is 5.76 Å². The average molecular weight is 390 g/mol. The molecule has 0 bridgehead atoms. The molecule has 0 amide bonds. The molecule has 0 unspecified atom stereocenters. The van der Waals surface area contributed by atoms with Crippen molar-refractivity contribution >= 4 is 34.1 Å². The lowest BCUT2D eigenvalue weighted by molar-refractivity contribution is -0.923. The first-order valence-electron chi connectivity index (χ1n) is 8.63. The van der Waals surface area contributed by atoms with Crippen LogP contribution in [-0.4, -0.2) is 35.7 Å². The number of rotatable bonds is 4. The SMILES string of the molecule is O=c1oc2cc(Cl)ccc2n1C[NH+]1CCN(c2ccc([N+](=O)[O-])cc2)CC1. The highest BCUT2D eigenvalue weighted by Gasteiger charge is 2.23. The molecule has 2 aromatic carbocycles. The van der Waals surface area contributed by atoms with Crippen LogP contribution in [0.2, 0.25) is 5.02 Å². The fourth-order valence-corrected chi connectivity index (χ4v) is 3.60. The number of oxazole rings is 1. The molecule has 0 spiro atoms. The van der Waals surface area contributed by atoms with Crippen molar-refractivity contribution in [3.63, 3.8) is 0 Å². The van der Waals surface area contributed by atoms with E-state index in [9.17, 15) is 14.9 Å². The van der Waals surface area contributed by atoms with E-state index in [0.29, 0.717) is 17.3 Å².